The molecule has 0 aliphatic rings. The van der Waals surface area contributed by atoms with E-state index in [4.69, 9.17) is 32.7 Å². The van der Waals surface area contributed by atoms with Gasteiger partial charge in [0.25, 0.3) is 0 Å². The van der Waals surface area contributed by atoms with E-state index in [0.717, 1.165) is 33.0 Å². The maximum Gasteiger partial charge on any atom is 0.416 e. The Labute approximate surface area is 250 Å². The second-order valence-corrected chi connectivity index (χ2v) is 11.7. The summed E-state index contributed by atoms with van der Waals surface area (Å²) in [5.41, 5.74) is 0.242. The van der Waals surface area contributed by atoms with Gasteiger partial charge in [0, 0.05) is 9.75 Å². The van der Waals surface area contributed by atoms with E-state index in [9.17, 15) is 23.1 Å². The molecular weight excluding hydrogens is 596 g/mol. The summed E-state index contributed by atoms with van der Waals surface area (Å²) in [7, 11) is 0. The van der Waals surface area contributed by atoms with Crippen molar-refractivity contribution in [3.05, 3.63) is 110 Å². The van der Waals surface area contributed by atoms with Crippen LogP contribution < -0.4 is 4.74 Å². The Kier molecular flexibility index (Phi) is 9.70. The van der Waals surface area contributed by atoms with Gasteiger partial charge >= 0.3 is 12.1 Å². The normalized spacial score (nSPS) is 12.8. The lowest BCUT2D eigenvalue weighted by Crippen LogP contribution is -2.38. The van der Waals surface area contributed by atoms with E-state index in [-0.39, 0.29) is 21.9 Å². The van der Waals surface area contributed by atoms with Crippen molar-refractivity contribution in [3.63, 3.8) is 0 Å². The predicted molar refractivity (Wildman–Crippen MR) is 156 cm³/mol. The van der Waals surface area contributed by atoms with E-state index in [0.29, 0.717) is 25.0 Å². The van der Waals surface area contributed by atoms with Gasteiger partial charge in [-0.3, -0.25) is 0 Å². The van der Waals surface area contributed by atoms with Crippen molar-refractivity contribution in [1.82, 2.24) is 0 Å². The molecule has 0 aliphatic heterocycles. The molecule has 1 aromatic heterocycles. The number of hydrogen-bond donors (Lipinski definition) is 1. The largest absolute Gasteiger partial charge is 0.478 e. The summed E-state index contributed by atoms with van der Waals surface area (Å²) >= 11 is 14.5. The summed E-state index contributed by atoms with van der Waals surface area (Å²) in [5.74, 6) is -0.970. The first-order valence-electron chi connectivity index (χ1n) is 12.7. The number of hydrogen-bond acceptors (Lipinski definition) is 4. The standard InChI is InChI=1S/C31H27Cl2F3O4S/c1-30(2,29(37)38)40-24-15-11-21(27(32)28(24)33)10-14-23(39-18-19-6-4-3-5-7-19)26-17-16-25(41-26)20-8-12-22(13-9-20)31(34,35)36/h3-9,11-13,15-17,23H,10,14,18H2,1-2H3,(H,37,38)/t23-/m1/s1. The van der Waals surface area contributed by atoms with Gasteiger partial charge in [-0.25, -0.2) is 4.79 Å². The van der Waals surface area contributed by atoms with Crippen LogP contribution in [0.1, 0.15) is 47.9 Å². The highest BCUT2D eigenvalue weighted by atomic mass is 35.5. The summed E-state index contributed by atoms with van der Waals surface area (Å²) in [6.45, 7) is 3.20. The van der Waals surface area contributed by atoms with E-state index >= 15 is 0 Å². The number of aryl methyl sites for hydroxylation is 1. The molecule has 0 spiro atoms. The van der Waals surface area contributed by atoms with Gasteiger partial charge < -0.3 is 14.6 Å². The maximum atomic E-state index is 13.0. The lowest BCUT2D eigenvalue weighted by atomic mass is 10.0. The quantitative estimate of drug-likeness (QED) is 0.181. The average molecular weight is 624 g/mol. The fourth-order valence-corrected chi connectivity index (χ4v) is 5.60. The molecule has 216 valence electrons. The van der Waals surface area contributed by atoms with Crippen molar-refractivity contribution in [3.8, 4) is 16.2 Å². The molecule has 1 N–H and O–H groups in total. The van der Waals surface area contributed by atoms with Crippen molar-refractivity contribution >= 4 is 40.5 Å². The second-order valence-electron chi connectivity index (χ2n) is 9.87. The Bertz CT molecular complexity index is 1490. The molecule has 1 atom stereocenters. The Balaban J connectivity index is 1.54. The Morgan fingerprint density at radius 3 is 2.24 bits per heavy atom. The van der Waals surface area contributed by atoms with Crippen molar-refractivity contribution in [2.45, 2.75) is 51.2 Å². The highest BCUT2D eigenvalue weighted by molar-refractivity contribution is 7.15. The Morgan fingerprint density at radius 1 is 0.927 bits per heavy atom. The molecule has 0 radical (unpaired) electrons. The number of carboxylic acid groups (broad SMARTS) is 1. The average Bonchev–Trinajstić information content (AvgIpc) is 3.42. The topological polar surface area (TPSA) is 55.8 Å². The van der Waals surface area contributed by atoms with Gasteiger partial charge in [-0.2, -0.15) is 13.2 Å². The minimum absolute atomic E-state index is 0.126. The van der Waals surface area contributed by atoms with Gasteiger partial charge in [0.1, 0.15) is 10.8 Å². The number of halogens is 5. The molecule has 0 amide bonds. The van der Waals surface area contributed by atoms with Crippen LogP contribution in [-0.2, 0) is 28.7 Å². The highest BCUT2D eigenvalue weighted by Crippen LogP contribution is 2.40. The van der Waals surface area contributed by atoms with Gasteiger partial charge in [-0.1, -0.05) is 71.7 Å². The Hall–Kier alpha value is -3.04. The van der Waals surface area contributed by atoms with Crippen LogP contribution in [0, 0.1) is 0 Å². The first kappa shape index (κ1) is 30.9. The molecule has 0 fully saturated rings. The van der Waals surface area contributed by atoms with E-state index in [1.807, 2.05) is 42.5 Å². The smallest absolute Gasteiger partial charge is 0.416 e. The molecule has 0 bridgehead atoms. The minimum Gasteiger partial charge on any atom is -0.478 e. The molecule has 3 aromatic carbocycles. The molecule has 4 aromatic rings. The molecular formula is C31H27Cl2F3O4S. The number of carbonyl (C=O) groups is 1. The Morgan fingerprint density at radius 2 is 1.61 bits per heavy atom. The summed E-state index contributed by atoms with van der Waals surface area (Å²) in [6, 6.07) is 22.0. The fourth-order valence-electron chi connectivity index (χ4n) is 4.03. The molecule has 1 heterocycles. The molecule has 0 saturated heterocycles. The van der Waals surface area contributed by atoms with Crippen molar-refractivity contribution in [1.29, 1.82) is 0 Å². The number of ether oxygens (including phenoxy) is 2. The van der Waals surface area contributed by atoms with Crippen molar-refractivity contribution in [2.24, 2.45) is 0 Å². The first-order valence-corrected chi connectivity index (χ1v) is 14.2. The number of thiophene rings is 1. The monoisotopic (exact) mass is 622 g/mol. The van der Waals surface area contributed by atoms with Crippen LogP contribution in [0.5, 0.6) is 5.75 Å². The molecule has 10 heteroatoms. The lowest BCUT2D eigenvalue weighted by molar-refractivity contribution is -0.152. The second kappa shape index (κ2) is 12.9. The van der Waals surface area contributed by atoms with Crippen LogP contribution in [0.15, 0.2) is 78.9 Å². The van der Waals surface area contributed by atoms with Crippen molar-refractivity contribution in [2.75, 3.05) is 0 Å². The summed E-state index contributed by atoms with van der Waals surface area (Å²) in [4.78, 5) is 13.2. The van der Waals surface area contributed by atoms with Crippen molar-refractivity contribution < 1.29 is 32.5 Å². The van der Waals surface area contributed by atoms with E-state index in [1.165, 1.54) is 37.3 Å². The fraction of sp³-hybridized carbons (Fsp3) is 0.258. The van der Waals surface area contributed by atoms with Crippen LogP contribution in [-0.4, -0.2) is 16.7 Å². The van der Waals surface area contributed by atoms with Gasteiger partial charge in [-0.05, 0) is 73.7 Å². The summed E-state index contributed by atoms with van der Waals surface area (Å²) in [5, 5.41) is 9.76. The molecule has 4 nitrogen and oxygen atoms in total. The zero-order valence-corrected chi connectivity index (χ0v) is 24.5. The van der Waals surface area contributed by atoms with Gasteiger partial charge in [0.05, 0.1) is 23.3 Å². The number of benzene rings is 3. The SMILES string of the molecule is CC(C)(Oc1ccc(CC[C@@H](OCc2ccccc2)c2ccc(-c3ccc(C(F)(F)F)cc3)s2)c(Cl)c1Cl)C(=O)O. The van der Waals surface area contributed by atoms with Crippen LogP contribution in [0.25, 0.3) is 10.4 Å². The van der Waals surface area contributed by atoms with Gasteiger partial charge in [-0.15, -0.1) is 11.3 Å². The maximum absolute atomic E-state index is 13.0. The van der Waals surface area contributed by atoms with Gasteiger partial charge in [0.15, 0.2) is 5.60 Å². The van der Waals surface area contributed by atoms with E-state index < -0.39 is 23.3 Å². The van der Waals surface area contributed by atoms with Crippen LogP contribution in [0.3, 0.4) is 0 Å². The zero-order valence-electron chi connectivity index (χ0n) is 22.2. The molecule has 0 saturated carbocycles. The third-order valence-electron chi connectivity index (χ3n) is 6.42. The van der Waals surface area contributed by atoms with Crippen LogP contribution in [0.2, 0.25) is 10.0 Å². The predicted octanol–water partition coefficient (Wildman–Crippen LogP) is 9.87. The number of rotatable bonds is 11. The van der Waals surface area contributed by atoms with Crippen LogP contribution in [0.4, 0.5) is 13.2 Å². The molecule has 41 heavy (non-hydrogen) atoms. The summed E-state index contributed by atoms with van der Waals surface area (Å²) in [6.07, 6.45) is -3.69. The van der Waals surface area contributed by atoms with Crippen LogP contribution >= 0.6 is 34.5 Å². The first-order chi connectivity index (χ1) is 19.3. The lowest BCUT2D eigenvalue weighted by Gasteiger charge is -2.23. The summed E-state index contributed by atoms with van der Waals surface area (Å²) < 4.78 is 50.9. The number of alkyl halides is 3. The molecule has 0 aliphatic carbocycles. The van der Waals surface area contributed by atoms with Gasteiger partial charge in [0.2, 0.25) is 0 Å². The highest BCUT2D eigenvalue weighted by Gasteiger charge is 2.31. The van der Waals surface area contributed by atoms with E-state index in [1.54, 1.807) is 12.1 Å². The third-order valence-corrected chi connectivity index (χ3v) is 8.55. The third kappa shape index (κ3) is 7.83. The number of carboxylic acids is 1. The van der Waals surface area contributed by atoms with E-state index in [2.05, 4.69) is 0 Å². The molecule has 0 unspecified atom stereocenters. The zero-order chi connectivity index (χ0) is 29.8. The molecule has 4 rings (SSSR count). The minimum atomic E-state index is -4.39. The number of aliphatic carboxylic acids is 1.